The molecule has 0 spiro atoms. The fourth-order valence-corrected chi connectivity index (χ4v) is 2.15. The van der Waals surface area contributed by atoms with E-state index in [0.29, 0.717) is 31.1 Å². The van der Waals surface area contributed by atoms with Gasteiger partial charge in [-0.1, -0.05) is 5.16 Å². The number of hydrogen-bond acceptors (Lipinski definition) is 8. The van der Waals surface area contributed by atoms with Gasteiger partial charge in [-0.2, -0.15) is 4.98 Å². The first-order valence-corrected chi connectivity index (χ1v) is 6.59. The molecule has 1 N–H and O–H groups in total. The highest BCUT2D eigenvalue weighted by atomic mass is 32.1. The first-order chi connectivity index (χ1) is 9.17. The topological polar surface area (TPSA) is 90.1 Å². The van der Waals surface area contributed by atoms with Gasteiger partial charge in [-0.3, -0.25) is 4.79 Å². The van der Waals surface area contributed by atoms with Crippen molar-refractivity contribution in [2.45, 2.75) is 26.3 Å². The molecule has 0 amide bonds. The summed E-state index contributed by atoms with van der Waals surface area (Å²) in [5, 5.41) is 9.55. The summed E-state index contributed by atoms with van der Waals surface area (Å²) < 4.78 is 9.45. The summed E-state index contributed by atoms with van der Waals surface area (Å²) in [6.07, 6.45) is 0.913. The van der Waals surface area contributed by atoms with Gasteiger partial charge < -0.3 is 14.6 Å². The van der Waals surface area contributed by atoms with Crippen LogP contribution in [-0.4, -0.2) is 28.2 Å². The van der Waals surface area contributed by atoms with Crippen LogP contribution in [0.15, 0.2) is 9.90 Å². The highest BCUT2D eigenvalue weighted by Crippen LogP contribution is 2.17. The molecule has 0 unspecified atom stereocenters. The third-order valence-corrected chi connectivity index (χ3v) is 3.18. The van der Waals surface area contributed by atoms with Gasteiger partial charge >= 0.3 is 5.97 Å². The first-order valence-electron chi connectivity index (χ1n) is 5.71. The predicted octanol–water partition coefficient (Wildman–Crippen LogP) is 1.55. The van der Waals surface area contributed by atoms with Crippen LogP contribution in [0.4, 0.5) is 5.13 Å². The quantitative estimate of drug-likeness (QED) is 0.804. The van der Waals surface area contributed by atoms with Crippen molar-refractivity contribution in [1.29, 1.82) is 0 Å². The summed E-state index contributed by atoms with van der Waals surface area (Å²) in [5.74, 6) is 0.892. The molecule has 2 aromatic rings. The third-order valence-electron chi connectivity index (χ3n) is 2.33. The lowest BCUT2D eigenvalue weighted by atomic mass is 10.2. The number of nitrogens with zero attached hydrogens (tertiary/aromatic N) is 3. The van der Waals surface area contributed by atoms with E-state index in [1.54, 1.807) is 6.92 Å². The van der Waals surface area contributed by atoms with E-state index in [1.807, 2.05) is 5.38 Å². The van der Waals surface area contributed by atoms with Crippen molar-refractivity contribution < 1.29 is 14.1 Å². The number of thiazole rings is 1. The van der Waals surface area contributed by atoms with Crippen LogP contribution >= 0.6 is 11.3 Å². The fraction of sp³-hybridized carbons (Fsp3) is 0.455. The molecular weight excluding hydrogens is 268 g/mol. The van der Waals surface area contributed by atoms with Crippen LogP contribution in [0.1, 0.15) is 23.8 Å². The van der Waals surface area contributed by atoms with Gasteiger partial charge in [0.05, 0.1) is 25.8 Å². The normalized spacial score (nSPS) is 10.4. The van der Waals surface area contributed by atoms with Gasteiger partial charge in [0.25, 0.3) is 0 Å². The molecule has 0 aromatic carbocycles. The number of ether oxygens (including phenoxy) is 1. The summed E-state index contributed by atoms with van der Waals surface area (Å²) in [7, 11) is 1.38. The number of aromatic nitrogens is 3. The molecule has 102 valence electrons. The molecule has 0 atom stereocenters. The third kappa shape index (κ3) is 4.02. The van der Waals surface area contributed by atoms with E-state index < -0.39 is 0 Å². The molecule has 0 fully saturated rings. The predicted molar refractivity (Wildman–Crippen MR) is 68.8 cm³/mol. The Labute approximate surface area is 114 Å². The molecule has 7 nitrogen and oxygen atoms in total. The molecule has 2 aromatic heterocycles. The maximum atomic E-state index is 11.0. The van der Waals surface area contributed by atoms with Crippen molar-refractivity contribution >= 4 is 22.4 Å². The number of nitrogens with one attached hydrogen (secondary N) is 1. The van der Waals surface area contributed by atoms with Crippen molar-refractivity contribution in [2.24, 2.45) is 0 Å². The lowest BCUT2D eigenvalue weighted by Gasteiger charge is -1.97. The van der Waals surface area contributed by atoms with Crippen LogP contribution in [-0.2, 0) is 22.5 Å². The minimum Gasteiger partial charge on any atom is -0.469 e. The van der Waals surface area contributed by atoms with E-state index in [-0.39, 0.29) is 5.97 Å². The van der Waals surface area contributed by atoms with E-state index >= 15 is 0 Å². The van der Waals surface area contributed by atoms with E-state index in [2.05, 4.69) is 25.2 Å². The number of methoxy groups -OCH3 is 1. The second-order valence-corrected chi connectivity index (χ2v) is 4.66. The number of carbonyl (C=O) groups is 1. The Morgan fingerprint density at radius 2 is 2.37 bits per heavy atom. The van der Waals surface area contributed by atoms with Crippen molar-refractivity contribution in [3.63, 3.8) is 0 Å². The molecule has 2 rings (SSSR count). The monoisotopic (exact) mass is 282 g/mol. The first kappa shape index (κ1) is 13.5. The average molecular weight is 282 g/mol. The Balaban J connectivity index is 1.82. The van der Waals surface area contributed by atoms with Gasteiger partial charge in [0.2, 0.25) is 5.89 Å². The van der Waals surface area contributed by atoms with Crippen LogP contribution in [0.5, 0.6) is 0 Å². The van der Waals surface area contributed by atoms with Crippen molar-refractivity contribution in [2.75, 3.05) is 12.4 Å². The Morgan fingerprint density at radius 3 is 3.05 bits per heavy atom. The standard InChI is InChI=1S/C11H14N4O3S/c1-7-13-9(15-18-7)5-12-11-14-8(6-19-11)3-4-10(16)17-2/h6H,3-5H2,1-2H3,(H,12,14). The molecule has 0 saturated carbocycles. The van der Waals surface area contributed by atoms with Crippen LogP contribution in [0.3, 0.4) is 0 Å². The molecule has 0 aliphatic rings. The lowest BCUT2D eigenvalue weighted by Crippen LogP contribution is -2.03. The Bertz CT molecular complexity index is 552. The Kier molecular flexibility index (Phi) is 4.45. The maximum Gasteiger partial charge on any atom is 0.305 e. The highest BCUT2D eigenvalue weighted by molar-refractivity contribution is 7.13. The molecule has 0 radical (unpaired) electrons. The summed E-state index contributed by atoms with van der Waals surface area (Å²) in [6.45, 7) is 2.20. The molecule has 0 bridgehead atoms. The average Bonchev–Trinajstić information content (AvgIpc) is 3.02. The zero-order valence-electron chi connectivity index (χ0n) is 10.7. The number of rotatable bonds is 6. The maximum absolute atomic E-state index is 11.0. The van der Waals surface area contributed by atoms with E-state index in [4.69, 9.17) is 4.52 Å². The smallest absolute Gasteiger partial charge is 0.305 e. The van der Waals surface area contributed by atoms with Gasteiger partial charge in [-0.25, -0.2) is 4.98 Å². The summed E-state index contributed by atoms with van der Waals surface area (Å²) >= 11 is 1.47. The van der Waals surface area contributed by atoms with Gasteiger partial charge in [-0.05, 0) is 0 Å². The van der Waals surface area contributed by atoms with Gasteiger partial charge in [-0.15, -0.1) is 11.3 Å². The van der Waals surface area contributed by atoms with Crippen molar-refractivity contribution in [3.8, 4) is 0 Å². The van der Waals surface area contributed by atoms with Gasteiger partial charge in [0.1, 0.15) is 0 Å². The second kappa shape index (κ2) is 6.28. The molecule has 8 heteroatoms. The highest BCUT2D eigenvalue weighted by Gasteiger charge is 2.07. The minimum absolute atomic E-state index is 0.232. The van der Waals surface area contributed by atoms with Crippen LogP contribution in [0, 0.1) is 6.92 Å². The number of anilines is 1. The molecule has 0 saturated heterocycles. The zero-order chi connectivity index (χ0) is 13.7. The number of hydrogen-bond donors (Lipinski definition) is 1. The van der Waals surface area contributed by atoms with Crippen LogP contribution < -0.4 is 5.32 Å². The van der Waals surface area contributed by atoms with E-state index in [1.165, 1.54) is 18.4 Å². The van der Waals surface area contributed by atoms with Gasteiger partial charge in [0, 0.05) is 18.7 Å². The number of aryl methyl sites for hydroxylation is 2. The molecule has 0 aliphatic heterocycles. The van der Waals surface area contributed by atoms with Gasteiger partial charge in [0.15, 0.2) is 11.0 Å². The Morgan fingerprint density at radius 1 is 1.53 bits per heavy atom. The largest absolute Gasteiger partial charge is 0.469 e. The van der Waals surface area contributed by atoms with Crippen LogP contribution in [0.2, 0.25) is 0 Å². The zero-order valence-corrected chi connectivity index (χ0v) is 11.5. The Hall–Kier alpha value is -1.96. The number of carbonyl (C=O) groups excluding carboxylic acids is 1. The fourth-order valence-electron chi connectivity index (χ4n) is 1.40. The van der Waals surface area contributed by atoms with Crippen molar-refractivity contribution in [3.05, 3.63) is 22.8 Å². The van der Waals surface area contributed by atoms with E-state index in [0.717, 1.165) is 10.8 Å². The second-order valence-electron chi connectivity index (χ2n) is 3.80. The molecule has 2 heterocycles. The molecule has 19 heavy (non-hydrogen) atoms. The molecule has 0 aliphatic carbocycles. The lowest BCUT2D eigenvalue weighted by molar-refractivity contribution is -0.140. The van der Waals surface area contributed by atoms with Crippen molar-refractivity contribution in [1.82, 2.24) is 15.1 Å². The van der Waals surface area contributed by atoms with E-state index in [9.17, 15) is 4.79 Å². The SMILES string of the molecule is COC(=O)CCc1csc(NCc2noc(C)n2)n1. The summed E-state index contributed by atoms with van der Waals surface area (Å²) in [5.41, 5.74) is 0.863. The minimum atomic E-state index is -0.232. The molecular formula is C11H14N4O3S. The van der Waals surface area contributed by atoms with Crippen LogP contribution in [0.25, 0.3) is 0 Å². The summed E-state index contributed by atoms with van der Waals surface area (Å²) in [6, 6.07) is 0. The number of esters is 1. The summed E-state index contributed by atoms with van der Waals surface area (Å²) in [4.78, 5) is 19.4.